The van der Waals surface area contributed by atoms with E-state index in [4.69, 9.17) is 4.74 Å². The lowest BCUT2D eigenvalue weighted by Crippen LogP contribution is -2.33. The number of nitrogens with one attached hydrogen (secondary N) is 1. The summed E-state index contributed by atoms with van der Waals surface area (Å²) in [7, 11) is 0. The van der Waals surface area contributed by atoms with Crippen LogP contribution in [0.4, 0.5) is 0 Å². The van der Waals surface area contributed by atoms with Crippen LogP contribution < -0.4 is 5.32 Å². The maximum atomic E-state index is 5.84. The second-order valence-electron chi connectivity index (χ2n) is 6.19. The molecule has 0 spiro atoms. The Kier molecular flexibility index (Phi) is 6.43. The molecule has 2 aromatic rings. The third-order valence-corrected chi connectivity index (χ3v) is 4.12. The van der Waals surface area contributed by atoms with Gasteiger partial charge in [0.1, 0.15) is 0 Å². The van der Waals surface area contributed by atoms with E-state index in [1.54, 1.807) is 11.3 Å². The van der Waals surface area contributed by atoms with Crippen LogP contribution in [-0.2, 0) is 17.7 Å². The van der Waals surface area contributed by atoms with Gasteiger partial charge in [0, 0.05) is 18.5 Å². The van der Waals surface area contributed by atoms with Crippen LogP contribution >= 0.6 is 11.3 Å². The molecule has 0 unspecified atom stereocenters. The highest BCUT2D eigenvalue weighted by atomic mass is 32.1. The minimum Gasteiger partial charge on any atom is -0.381 e. The Morgan fingerprint density at radius 3 is 2.62 bits per heavy atom. The van der Waals surface area contributed by atoms with Crippen LogP contribution in [0.1, 0.15) is 25.0 Å². The Morgan fingerprint density at radius 1 is 1.10 bits per heavy atom. The number of rotatable bonds is 9. The normalized spacial score (nSPS) is 11.7. The molecule has 114 valence electrons. The van der Waals surface area contributed by atoms with Gasteiger partial charge in [0.15, 0.2) is 0 Å². The van der Waals surface area contributed by atoms with Crippen LogP contribution in [0.3, 0.4) is 0 Å². The number of benzene rings is 1. The lowest BCUT2D eigenvalue weighted by Gasteiger charge is -2.25. The minimum atomic E-state index is 0.156. The fraction of sp³-hybridized carbons (Fsp3) is 0.444. The van der Waals surface area contributed by atoms with Gasteiger partial charge in [-0.15, -0.1) is 0 Å². The van der Waals surface area contributed by atoms with Crippen molar-refractivity contribution in [3.63, 3.8) is 0 Å². The Bertz CT molecular complexity index is 493. The van der Waals surface area contributed by atoms with Crippen LogP contribution in [0, 0.1) is 5.41 Å². The first-order valence-electron chi connectivity index (χ1n) is 7.49. The Balaban J connectivity index is 1.60. The van der Waals surface area contributed by atoms with E-state index in [0.717, 1.165) is 32.7 Å². The summed E-state index contributed by atoms with van der Waals surface area (Å²) in [6.45, 7) is 7.96. The molecular weight excluding hydrogens is 278 g/mol. The highest BCUT2D eigenvalue weighted by Gasteiger charge is 2.17. The maximum absolute atomic E-state index is 5.84. The van der Waals surface area contributed by atoms with E-state index >= 15 is 0 Å². The molecule has 2 nitrogen and oxygen atoms in total. The van der Waals surface area contributed by atoms with Gasteiger partial charge in [0.2, 0.25) is 0 Å². The van der Waals surface area contributed by atoms with Crippen molar-refractivity contribution >= 4 is 11.3 Å². The summed E-state index contributed by atoms with van der Waals surface area (Å²) in [6.07, 6.45) is 1.01. The third kappa shape index (κ3) is 6.42. The summed E-state index contributed by atoms with van der Waals surface area (Å²) in [4.78, 5) is 0. The smallest absolute Gasteiger partial charge is 0.0529 e. The molecule has 0 bridgehead atoms. The molecule has 0 fully saturated rings. The monoisotopic (exact) mass is 303 g/mol. The topological polar surface area (TPSA) is 21.3 Å². The number of thiophene rings is 1. The summed E-state index contributed by atoms with van der Waals surface area (Å²) < 4.78 is 5.84. The van der Waals surface area contributed by atoms with Crippen molar-refractivity contribution in [2.45, 2.75) is 26.8 Å². The number of ether oxygens (including phenoxy) is 1. The lowest BCUT2D eigenvalue weighted by atomic mass is 9.95. The molecule has 0 aliphatic carbocycles. The molecule has 1 N–H and O–H groups in total. The van der Waals surface area contributed by atoms with Crippen LogP contribution in [0.25, 0.3) is 0 Å². The summed E-state index contributed by atoms with van der Waals surface area (Å²) >= 11 is 1.75. The molecule has 0 atom stereocenters. The highest BCUT2D eigenvalue weighted by Crippen LogP contribution is 2.15. The third-order valence-electron chi connectivity index (χ3n) is 3.38. The molecule has 1 aromatic carbocycles. The SMILES string of the molecule is CC(C)(CNCc1ccccc1)COCCc1ccsc1. The van der Waals surface area contributed by atoms with E-state index in [2.05, 4.69) is 66.3 Å². The predicted molar refractivity (Wildman–Crippen MR) is 90.8 cm³/mol. The van der Waals surface area contributed by atoms with E-state index < -0.39 is 0 Å². The number of hydrogen-bond acceptors (Lipinski definition) is 3. The molecule has 0 aliphatic rings. The van der Waals surface area contributed by atoms with Crippen LogP contribution in [0.15, 0.2) is 47.2 Å². The molecule has 2 rings (SSSR count). The molecule has 0 radical (unpaired) electrons. The van der Waals surface area contributed by atoms with Gasteiger partial charge in [-0.2, -0.15) is 11.3 Å². The zero-order valence-electron chi connectivity index (χ0n) is 13.0. The Morgan fingerprint density at radius 2 is 1.90 bits per heavy atom. The average molecular weight is 303 g/mol. The Labute approximate surface area is 132 Å². The molecule has 0 aliphatic heterocycles. The summed E-state index contributed by atoms with van der Waals surface area (Å²) in [6, 6.07) is 12.7. The van der Waals surface area contributed by atoms with Crippen molar-refractivity contribution in [3.05, 3.63) is 58.3 Å². The lowest BCUT2D eigenvalue weighted by molar-refractivity contribution is 0.0638. The molecular formula is C18H25NOS. The van der Waals surface area contributed by atoms with Gasteiger partial charge in [-0.3, -0.25) is 0 Å². The van der Waals surface area contributed by atoms with Crippen molar-refractivity contribution in [1.29, 1.82) is 0 Å². The van der Waals surface area contributed by atoms with E-state index in [1.807, 2.05) is 0 Å². The van der Waals surface area contributed by atoms with Gasteiger partial charge in [0.05, 0.1) is 13.2 Å². The first-order valence-corrected chi connectivity index (χ1v) is 8.43. The fourth-order valence-electron chi connectivity index (χ4n) is 2.17. The molecule has 1 heterocycles. The zero-order chi connectivity index (χ0) is 15.0. The summed E-state index contributed by atoms with van der Waals surface area (Å²) in [5, 5.41) is 7.83. The van der Waals surface area contributed by atoms with Crippen molar-refractivity contribution in [3.8, 4) is 0 Å². The van der Waals surface area contributed by atoms with Crippen molar-refractivity contribution < 1.29 is 4.74 Å². The van der Waals surface area contributed by atoms with Gasteiger partial charge in [-0.1, -0.05) is 44.2 Å². The molecule has 0 amide bonds. The van der Waals surface area contributed by atoms with Gasteiger partial charge in [0.25, 0.3) is 0 Å². The van der Waals surface area contributed by atoms with Gasteiger partial charge in [-0.25, -0.2) is 0 Å². The van der Waals surface area contributed by atoms with Crippen LogP contribution in [-0.4, -0.2) is 19.8 Å². The first kappa shape index (κ1) is 16.2. The van der Waals surface area contributed by atoms with Gasteiger partial charge in [-0.05, 0) is 34.4 Å². The van der Waals surface area contributed by atoms with Gasteiger partial charge >= 0.3 is 0 Å². The van der Waals surface area contributed by atoms with Crippen molar-refractivity contribution in [2.75, 3.05) is 19.8 Å². The van der Waals surface area contributed by atoms with Crippen molar-refractivity contribution in [2.24, 2.45) is 5.41 Å². The van der Waals surface area contributed by atoms with Crippen molar-refractivity contribution in [1.82, 2.24) is 5.32 Å². The molecule has 1 aromatic heterocycles. The maximum Gasteiger partial charge on any atom is 0.0529 e. The second-order valence-corrected chi connectivity index (χ2v) is 6.97. The van der Waals surface area contributed by atoms with E-state index in [-0.39, 0.29) is 5.41 Å². The standard InChI is InChI=1S/C18H25NOS/c1-18(2,14-19-12-16-6-4-3-5-7-16)15-20-10-8-17-9-11-21-13-17/h3-7,9,11,13,19H,8,10,12,14-15H2,1-2H3. The van der Waals surface area contributed by atoms with E-state index in [0.29, 0.717) is 0 Å². The molecule has 0 saturated heterocycles. The first-order chi connectivity index (χ1) is 10.2. The highest BCUT2D eigenvalue weighted by molar-refractivity contribution is 7.07. The summed E-state index contributed by atoms with van der Waals surface area (Å²) in [5.41, 5.74) is 2.86. The predicted octanol–water partition coefficient (Wildman–Crippen LogP) is 4.12. The Hall–Kier alpha value is -1.16. The van der Waals surface area contributed by atoms with E-state index in [9.17, 15) is 0 Å². The molecule has 3 heteroatoms. The second kappa shape index (κ2) is 8.32. The zero-order valence-corrected chi connectivity index (χ0v) is 13.8. The summed E-state index contributed by atoms with van der Waals surface area (Å²) in [5.74, 6) is 0. The number of hydrogen-bond donors (Lipinski definition) is 1. The fourth-order valence-corrected chi connectivity index (χ4v) is 2.87. The molecule has 21 heavy (non-hydrogen) atoms. The van der Waals surface area contributed by atoms with E-state index in [1.165, 1.54) is 11.1 Å². The van der Waals surface area contributed by atoms with Crippen LogP contribution in [0.5, 0.6) is 0 Å². The largest absolute Gasteiger partial charge is 0.381 e. The minimum absolute atomic E-state index is 0.156. The quantitative estimate of drug-likeness (QED) is 0.704. The average Bonchev–Trinajstić information content (AvgIpc) is 2.98. The molecule has 0 saturated carbocycles. The van der Waals surface area contributed by atoms with Gasteiger partial charge < -0.3 is 10.1 Å². The van der Waals surface area contributed by atoms with Crippen LogP contribution in [0.2, 0.25) is 0 Å².